The Balaban J connectivity index is 1.70. The van der Waals surface area contributed by atoms with Gasteiger partial charge in [0.15, 0.2) is 0 Å². The first-order chi connectivity index (χ1) is 12.3. The Morgan fingerprint density at radius 2 is 1.96 bits per heavy atom. The largest absolute Gasteiger partial charge is 0.462 e. The molecule has 0 saturated heterocycles. The van der Waals surface area contributed by atoms with Gasteiger partial charge in [-0.1, -0.05) is 48.5 Å². The fraction of sp³-hybridized carbons (Fsp3) is 0.105. The van der Waals surface area contributed by atoms with Crippen molar-refractivity contribution in [3.8, 4) is 11.3 Å². The summed E-state index contributed by atoms with van der Waals surface area (Å²) in [4.78, 5) is 16.4. The van der Waals surface area contributed by atoms with Crippen LogP contribution in [0, 0.1) is 0 Å². The van der Waals surface area contributed by atoms with Crippen molar-refractivity contribution in [2.45, 2.75) is 6.92 Å². The Morgan fingerprint density at radius 3 is 2.76 bits per heavy atom. The number of nitrogens with zero attached hydrogens (tertiary/aromatic N) is 2. The molecule has 2 aromatic carbocycles. The molecule has 126 valence electrons. The molecule has 5 nitrogen and oxygen atoms in total. The SMILES string of the molecule is CCOC(=O)c1ccccc1C=NNc1nc(-c2ccccc2)cs1. The van der Waals surface area contributed by atoms with Crippen LogP contribution in [-0.4, -0.2) is 23.8 Å². The van der Waals surface area contributed by atoms with Gasteiger partial charge in [-0.15, -0.1) is 11.3 Å². The lowest BCUT2D eigenvalue weighted by molar-refractivity contribution is 0.0526. The van der Waals surface area contributed by atoms with Crippen LogP contribution in [-0.2, 0) is 4.74 Å². The molecule has 0 fully saturated rings. The summed E-state index contributed by atoms with van der Waals surface area (Å²) in [6, 6.07) is 17.1. The molecular weight excluding hydrogens is 334 g/mol. The van der Waals surface area contributed by atoms with Gasteiger partial charge in [-0.3, -0.25) is 5.43 Å². The van der Waals surface area contributed by atoms with Crippen LogP contribution in [0.25, 0.3) is 11.3 Å². The first-order valence-corrected chi connectivity index (χ1v) is 8.72. The summed E-state index contributed by atoms with van der Waals surface area (Å²) in [5, 5.41) is 6.84. The summed E-state index contributed by atoms with van der Waals surface area (Å²) in [5.41, 5.74) is 6.04. The number of hydrogen-bond acceptors (Lipinski definition) is 6. The molecule has 0 aliphatic heterocycles. The minimum absolute atomic E-state index is 0.337. The summed E-state index contributed by atoms with van der Waals surface area (Å²) in [5.74, 6) is -0.356. The third-order valence-electron chi connectivity index (χ3n) is 3.39. The first kappa shape index (κ1) is 16.9. The van der Waals surface area contributed by atoms with Crippen molar-refractivity contribution in [2.24, 2.45) is 5.10 Å². The normalized spacial score (nSPS) is 10.8. The fourth-order valence-electron chi connectivity index (χ4n) is 2.23. The van der Waals surface area contributed by atoms with Gasteiger partial charge >= 0.3 is 5.97 Å². The second-order valence-electron chi connectivity index (χ2n) is 5.08. The van der Waals surface area contributed by atoms with Crippen molar-refractivity contribution in [2.75, 3.05) is 12.0 Å². The highest BCUT2D eigenvalue weighted by molar-refractivity contribution is 7.14. The zero-order valence-electron chi connectivity index (χ0n) is 13.7. The molecule has 0 unspecified atom stereocenters. The molecule has 0 atom stereocenters. The Bertz CT molecular complexity index is 875. The van der Waals surface area contributed by atoms with Gasteiger partial charge in [0.1, 0.15) is 0 Å². The molecule has 0 saturated carbocycles. The molecule has 0 amide bonds. The Kier molecular flexibility index (Phi) is 5.53. The minimum atomic E-state index is -0.356. The van der Waals surface area contributed by atoms with E-state index in [2.05, 4.69) is 15.5 Å². The zero-order chi connectivity index (χ0) is 17.5. The molecule has 1 N–H and O–H groups in total. The van der Waals surface area contributed by atoms with Crippen molar-refractivity contribution in [3.05, 3.63) is 71.1 Å². The summed E-state index contributed by atoms with van der Waals surface area (Å²) in [6.07, 6.45) is 1.59. The number of anilines is 1. The number of rotatable bonds is 6. The van der Waals surface area contributed by atoms with E-state index in [1.165, 1.54) is 11.3 Å². The van der Waals surface area contributed by atoms with Crippen LogP contribution >= 0.6 is 11.3 Å². The monoisotopic (exact) mass is 351 g/mol. The van der Waals surface area contributed by atoms with Gasteiger partial charge in [0.25, 0.3) is 0 Å². The molecule has 1 heterocycles. The van der Waals surface area contributed by atoms with E-state index in [1.54, 1.807) is 25.3 Å². The molecule has 25 heavy (non-hydrogen) atoms. The Labute approximate surface area is 150 Å². The highest BCUT2D eigenvalue weighted by Crippen LogP contribution is 2.24. The second kappa shape index (κ2) is 8.21. The average molecular weight is 351 g/mol. The smallest absolute Gasteiger partial charge is 0.338 e. The molecule has 3 rings (SSSR count). The van der Waals surface area contributed by atoms with Crippen molar-refractivity contribution in [1.82, 2.24) is 4.98 Å². The van der Waals surface area contributed by atoms with E-state index >= 15 is 0 Å². The first-order valence-electron chi connectivity index (χ1n) is 7.84. The van der Waals surface area contributed by atoms with Crippen molar-refractivity contribution >= 4 is 28.7 Å². The van der Waals surface area contributed by atoms with E-state index in [1.807, 2.05) is 47.8 Å². The maximum absolute atomic E-state index is 11.9. The predicted octanol–water partition coefficient (Wildman–Crippen LogP) is 4.43. The van der Waals surface area contributed by atoms with Crippen LogP contribution in [0.3, 0.4) is 0 Å². The van der Waals surface area contributed by atoms with E-state index in [4.69, 9.17) is 4.74 Å². The molecule has 0 aliphatic rings. The van der Waals surface area contributed by atoms with E-state index in [9.17, 15) is 4.79 Å². The van der Waals surface area contributed by atoms with Crippen LogP contribution in [0.5, 0.6) is 0 Å². The lowest BCUT2D eigenvalue weighted by Crippen LogP contribution is -2.08. The van der Waals surface area contributed by atoms with Gasteiger partial charge in [-0.2, -0.15) is 5.10 Å². The van der Waals surface area contributed by atoms with Crippen LogP contribution in [0.15, 0.2) is 65.1 Å². The predicted molar refractivity (Wildman–Crippen MR) is 101 cm³/mol. The van der Waals surface area contributed by atoms with E-state index in [0.29, 0.717) is 22.9 Å². The standard InChI is InChI=1S/C19H17N3O2S/c1-2-24-18(23)16-11-7-6-10-15(16)12-20-22-19-21-17(13-25-19)14-8-4-3-5-9-14/h3-13H,2H2,1H3,(H,21,22). The van der Waals surface area contributed by atoms with Crippen molar-refractivity contribution < 1.29 is 9.53 Å². The van der Waals surface area contributed by atoms with Crippen molar-refractivity contribution in [1.29, 1.82) is 0 Å². The molecule has 1 aromatic heterocycles. The van der Waals surface area contributed by atoms with Crippen LogP contribution < -0.4 is 5.43 Å². The van der Waals surface area contributed by atoms with E-state index in [0.717, 1.165) is 11.3 Å². The van der Waals surface area contributed by atoms with Crippen LogP contribution in [0.1, 0.15) is 22.8 Å². The van der Waals surface area contributed by atoms with Gasteiger partial charge in [-0.25, -0.2) is 9.78 Å². The second-order valence-corrected chi connectivity index (χ2v) is 5.94. The number of hydrogen-bond donors (Lipinski definition) is 1. The molecule has 6 heteroatoms. The number of carbonyl (C=O) groups excluding carboxylic acids is 1. The highest BCUT2D eigenvalue weighted by Gasteiger charge is 2.10. The number of hydrazone groups is 1. The quantitative estimate of drug-likeness (QED) is 0.405. The number of carbonyl (C=O) groups is 1. The number of thiazole rings is 1. The number of esters is 1. The molecule has 0 radical (unpaired) electrons. The van der Waals surface area contributed by atoms with Gasteiger partial charge in [0.2, 0.25) is 5.13 Å². The summed E-state index contributed by atoms with van der Waals surface area (Å²) >= 11 is 1.47. The van der Waals surface area contributed by atoms with Gasteiger partial charge in [0.05, 0.1) is 24.1 Å². The van der Waals surface area contributed by atoms with E-state index in [-0.39, 0.29) is 5.97 Å². The molecule has 3 aromatic rings. The van der Waals surface area contributed by atoms with Crippen LogP contribution in [0.2, 0.25) is 0 Å². The topological polar surface area (TPSA) is 63.6 Å². The van der Waals surface area contributed by atoms with Gasteiger partial charge < -0.3 is 4.74 Å². The number of ether oxygens (including phenoxy) is 1. The molecule has 0 aliphatic carbocycles. The third-order valence-corrected chi connectivity index (χ3v) is 4.14. The minimum Gasteiger partial charge on any atom is -0.462 e. The van der Waals surface area contributed by atoms with Gasteiger partial charge in [-0.05, 0) is 13.0 Å². The molecular formula is C19H17N3O2S. The summed E-state index contributed by atoms with van der Waals surface area (Å²) < 4.78 is 5.05. The number of nitrogens with one attached hydrogen (secondary N) is 1. The summed E-state index contributed by atoms with van der Waals surface area (Å²) in [6.45, 7) is 2.12. The Hall–Kier alpha value is -2.99. The lowest BCUT2D eigenvalue weighted by Gasteiger charge is -2.04. The zero-order valence-corrected chi connectivity index (χ0v) is 14.5. The van der Waals surface area contributed by atoms with Crippen molar-refractivity contribution in [3.63, 3.8) is 0 Å². The molecule has 0 bridgehead atoms. The van der Waals surface area contributed by atoms with Crippen LogP contribution in [0.4, 0.5) is 5.13 Å². The van der Waals surface area contributed by atoms with Gasteiger partial charge in [0, 0.05) is 16.5 Å². The number of benzene rings is 2. The lowest BCUT2D eigenvalue weighted by atomic mass is 10.1. The summed E-state index contributed by atoms with van der Waals surface area (Å²) in [7, 11) is 0. The third kappa shape index (κ3) is 4.30. The highest BCUT2D eigenvalue weighted by atomic mass is 32.1. The maximum Gasteiger partial charge on any atom is 0.338 e. The molecule has 0 spiro atoms. The Morgan fingerprint density at radius 1 is 1.20 bits per heavy atom. The fourth-order valence-corrected chi connectivity index (χ4v) is 2.90. The average Bonchev–Trinajstić information content (AvgIpc) is 3.12. The maximum atomic E-state index is 11.9. The number of aromatic nitrogens is 1. The van der Waals surface area contributed by atoms with E-state index < -0.39 is 0 Å².